The van der Waals surface area contributed by atoms with Crippen molar-refractivity contribution in [3.63, 3.8) is 0 Å². The SMILES string of the molecule is CC(C)(C)c1nc(N2CCC(O)C2)c2nnn(Cc3ncccc3Cl)c2n1. The molecule has 1 unspecified atom stereocenters. The molecule has 1 aliphatic rings. The molecule has 4 rings (SSSR count). The van der Waals surface area contributed by atoms with E-state index >= 15 is 0 Å². The van der Waals surface area contributed by atoms with Crippen molar-refractivity contribution in [3.8, 4) is 0 Å². The van der Waals surface area contributed by atoms with E-state index in [1.54, 1.807) is 23.0 Å². The summed E-state index contributed by atoms with van der Waals surface area (Å²) in [5.41, 5.74) is 1.75. The first kappa shape index (κ1) is 18.1. The third kappa shape index (κ3) is 3.46. The molecule has 0 spiro atoms. The Morgan fingerprint density at radius 3 is 2.78 bits per heavy atom. The Bertz CT molecular complexity index is 981. The number of pyridine rings is 1. The van der Waals surface area contributed by atoms with Crippen LogP contribution >= 0.6 is 11.6 Å². The molecule has 1 fully saturated rings. The van der Waals surface area contributed by atoms with E-state index in [0.29, 0.717) is 47.2 Å². The quantitative estimate of drug-likeness (QED) is 0.736. The molecule has 3 aromatic heterocycles. The number of aliphatic hydroxyl groups excluding tert-OH is 1. The number of rotatable bonds is 3. The van der Waals surface area contributed by atoms with Gasteiger partial charge in [-0.15, -0.1) is 5.10 Å². The Morgan fingerprint density at radius 2 is 2.11 bits per heavy atom. The predicted octanol–water partition coefficient (Wildman–Crippen LogP) is 2.19. The van der Waals surface area contributed by atoms with Gasteiger partial charge in [0, 0.05) is 24.7 Å². The minimum atomic E-state index is -0.351. The molecule has 9 heteroatoms. The van der Waals surface area contributed by atoms with Crippen LogP contribution in [0, 0.1) is 0 Å². The summed E-state index contributed by atoms with van der Waals surface area (Å²) in [5.74, 6) is 1.43. The third-order valence-electron chi connectivity index (χ3n) is 4.61. The summed E-state index contributed by atoms with van der Waals surface area (Å²) in [6.07, 6.45) is 2.07. The average Bonchev–Trinajstić information content (AvgIpc) is 3.22. The van der Waals surface area contributed by atoms with Crippen molar-refractivity contribution in [2.45, 2.75) is 45.3 Å². The molecule has 3 aromatic rings. The molecular weight excluding hydrogens is 366 g/mol. The Morgan fingerprint density at radius 1 is 1.30 bits per heavy atom. The predicted molar refractivity (Wildman–Crippen MR) is 103 cm³/mol. The molecule has 27 heavy (non-hydrogen) atoms. The molecule has 1 atom stereocenters. The van der Waals surface area contributed by atoms with Crippen LogP contribution in [-0.2, 0) is 12.0 Å². The van der Waals surface area contributed by atoms with Crippen molar-refractivity contribution >= 4 is 28.6 Å². The van der Waals surface area contributed by atoms with Gasteiger partial charge in [-0.1, -0.05) is 37.6 Å². The van der Waals surface area contributed by atoms with Gasteiger partial charge in [-0.2, -0.15) is 0 Å². The highest BCUT2D eigenvalue weighted by Crippen LogP contribution is 2.29. The van der Waals surface area contributed by atoms with E-state index < -0.39 is 0 Å². The molecule has 8 nitrogen and oxygen atoms in total. The normalized spacial score (nSPS) is 17.8. The summed E-state index contributed by atoms with van der Waals surface area (Å²) in [5, 5.41) is 19.1. The first-order valence-electron chi connectivity index (χ1n) is 8.97. The molecule has 0 aliphatic carbocycles. The van der Waals surface area contributed by atoms with Crippen LogP contribution in [0.15, 0.2) is 18.3 Å². The van der Waals surface area contributed by atoms with E-state index in [2.05, 4.69) is 41.0 Å². The highest BCUT2D eigenvalue weighted by molar-refractivity contribution is 6.31. The average molecular weight is 388 g/mol. The number of hydrogen-bond donors (Lipinski definition) is 1. The van der Waals surface area contributed by atoms with Crippen LogP contribution in [0.4, 0.5) is 5.82 Å². The summed E-state index contributed by atoms with van der Waals surface area (Å²) in [4.78, 5) is 15.9. The Kier molecular flexibility index (Phi) is 4.47. The van der Waals surface area contributed by atoms with Crippen LogP contribution in [0.25, 0.3) is 11.2 Å². The van der Waals surface area contributed by atoms with E-state index in [1.807, 2.05) is 0 Å². The number of β-amino-alcohol motifs (C(OH)–C–C–N with tert-alkyl or cyclic N) is 1. The molecule has 0 bridgehead atoms. The smallest absolute Gasteiger partial charge is 0.184 e. The zero-order chi connectivity index (χ0) is 19.2. The van der Waals surface area contributed by atoms with Crippen molar-refractivity contribution in [1.82, 2.24) is 29.9 Å². The standard InChI is InChI=1S/C18H22ClN7O/c1-18(2,3)17-21-15(25-8-6-11(27)9-25)14-16(22-17)26(24-23-14)10-13-12(19)5-4-7-20-13/h4-5,7,11,27H,6,8-10H2,1-3H3. The van der Waals surface area contributed by atoms with Gasteiger partial charge >= 0.3 is 0 Å². The van der Waals surface area contributed by atoms with Gasteiger partial charge in [-0.05, 0) is 18.6 Å². The largest absolute Gasteiger partial charge is 0.391 e. The van der Waals surface area contributed by atoms with E-state index in [4.69, 9.17) is 21.6 Å². The Hall–Kier alpha value is -2.32. The molecule has 1 saturated heterocycles. The fourth-order valence-electron chi connectivity index (χ4n) is 3.12. The summed E-state index contributed by atoms with van der Waals surface area (Å²) in [6, 6.07) is 3.59. The molecule has 0 saturated carbocycles. The maximum absolute atomic E-state index is 9.94. The summed E-state index contributed by atoms with van der Waals surface area (Å²) in [6.45, 7) is 7.85. The van der Waals surface area contributed by atoms with Gasteiger partial charge in [-0.25, -0.2) is 14.6 Å². The molecule has 0 radical (unpaired) electrons. The van der Waals surface area contributed by atoms with Crippen LogP contribution in [0.2, 0.25) is 5.02 Å². The fourth-order valence-corrected chi connectivity index (χ4v) is 3.30. The zero-order valence-electron chi connectivity index (χ0n) is 15.6. The number of halogens is 1. The van der Waals surface area contributed by atoms with Crippen LogP contribution in [-0.4, -0.2) is 54.2 Å². The van der Waals surface area contributed by atoms with Gasteiger partial charge in [0.1, 0.15) is 5.82 Å². The van der Waals surface area contributed by atoms with Crippen molar-refractivity contribution in [3.05, 3.63) is 34.9 Å². The molecule has 1 N–H and O–H groups in total. The lowest BCUT2D eigenvalue weighted by molar-refractivity contribution is 0.198. The van der Waals surface area contributed by atoms with Crippen LogP contribution < -0.4 is 4.90 Å². The fraction of sp³-hybridized carbons (Fsp3) is 0.500. The van der Waals surface area contributed by atoms with Gasteiger partial charge in [0.2, 0.25) is 0 Å². The number of aromatic nitrogens is 6. The second kappa shape index (κ2) is 6.69. The number of aliphatic hydroxyl groups is 1. The molecule has 4 heterocycles. The van der Waals surface area contributed by atoms with Crippen LogP contribution in [0.3, 0.4) is 0 Å². The summed E-state index contributed by atoms with van der Waals surface area (Å²) in [7, 11) is 0. The zero-order valence-corrected chi connectivity index (χ0v) is 16.3. The first-order chi connectivity index (χ1) is 12.8. The van der Waals surface area contributed by atoms with Crippen LogP contribution in [0.1, 0.15) is 38.7 Å². The molecule has 0 aromatic carbocycles. The number of fused-ring (bicyclic) bond motifs is 1. The monoisotopic (exact) mass is 387 g/mol. The minimum absolute atomic E-state index is 0.237. The van der Waals surface area contributed by atoms with Gasteiger partial charge in [0.05, 0.1) is 23.4 Å². The topological polar surface area (TPSA) is 92.8 Å². The Balaban J connectivity index is 1.84. The second-order valence-electron chi connectivity index (χ2n) is 7.86. The lowest BCUT2D eigenvalue weighted by Gasteiger charge is -2.21. The van der Waals surface area contributed by atoms with Crippen molar-refractivity contribution < 1.29 is 5.11 Å². The highest BCUT2D eigenvalue weighted by atomic mass is 35.5. The summed E-state index contributed by atoms with van der Waals surface area (Å²) >= 11 is 6.25. The minimum Gasteiger partial charge on any atom is -0.391 e. The maximum atomic E-state index is 9.94. The second-order valence-corrected chi connectivity index (χ2v) is 8.27. The van der Waals surface area contributed by atoms with Gasteiger partial charge in [0.25, 0.3) is 0 Å². The maximum Gasteiger partial charge on any atom is 0.184 e. The van der Waals surface area contributed by atoms with Crippen molar-refractivity contribution in [2.24, 2.45) is 0 Å². The Labute approximate surface area is 162 Å². The van der Waals surface area contributed by atoms with Gasteiger partial charge in [-0.3, -0.25) is 4.98 Å². The number of anilines is 1. The van der Waals surface area contributed by atoms with E-state index in [1.165, 1.54) is 0 Å². The number of nitrogens with zero attached hydrogens (tertiary/aromatic N) is 7. The lowest BCUT2D eigenvalue weighted by atomic mass is 9.96. The molecule has 142 valence electrons. The van der Waals surface area contributed by atoms with Crippen molar-refractivity contribution in [2.75, 3.05) is 18.0 Å². The highest BCUT2D eigenvalue weighted by Gasteiger charge is 2.28. The van der Waals surface area contributed by atoms with E-state index in [-0.39, 0.29) is 11.5 Å². The van der Waals surface area contributed by atoms with E-state index in [9.17, 15) is 5.11 Å². The summed E-state index contributed by atoms with van der Waals surface area (Å²) < 4.78 is 1.70. The molecule has 0 amide bonds. The van der Waals surface area contributed by atoms with Crippen molar-refractivity contribution in [1.29, 1.82) is 0 Å². The van der Waals surface area contributed by atoms with Gasteiger partial charge < -0.3 is 10.0 Å². The molecular formula is C18H22ClN7O. The third-order valence-corrected chi connectivity index (χ3v) is 4.96. The van der Waals surface area contributed by atoms with Crippen LogP contribution in [0.5, 0.6) is 0 Å². The lowest BCUT2D eigenvalue weighted by Crippen LogP contribution is -2.25. The number of hydrogen-bond acceptors (Lipinski definition) is 7. The first-order valence-corrected chi connectivity index (χ1v) is 9.35. The van der Waals surface area contributed by atoms with Gasteiger partial charge in [0.15, 0.2) is 17.0 Å². The van der Waals surface area contributed by atoms with E-state index in [0.717, 1.165) is 12.4 Å². The molecule has 1 aliphatic heterocycles.